The molecule has 1 saturated heterocycles. The van der Waals surface area contributed by atoms with Gasteiger partial charge < -0.3 is 14.5 Å². The van der Waals surface area contributed by atoms with E-state index in [-0.39, 0.29) is 5.69 Å². The van der Waals surface area contributed by atoms with Crippen molar-refractivity contribution in [3.05, 3.63) is 71.2 Å². The van der Waals surface area contributed by atoms with Crippen molar-refractivity contribution >= 4 is 28.2 Å². The van der Waals surface area contributed by atoms with Gasteiger partial charge in [-0.05, 0) is 24.3 Å². The SMILES string of the molecule is COc1ccccc1N1CCN(c2ncnc3c2cnn3-c2ccc([N+](=O)[O-])cc2)CC1. The molecule has 1 fully saturated rings. The first kappa shape index (κ1) is 19.7. The van der Waals surface area contributed by atoms with Crippen LogP contribution in [-0.2, 0) is 0 Å². The molecular formula is C22H21N7O3. The van der Waals surface area contributed by atoms with Gasteiger partial charge in [0.1, 0.15) is 17.9 Å². The molecule has 0 radical (unpaired) electrons. The molecule has 1 aliphatic rings. The fourth-order valence-corrected chi connectivity index (χ4v) is 4.04. The summed E-state index contributed by atoms with van der Waals surface area (Å²) in [6.45, 7) is 3.27. The van der Waals surface area contributed by atoms with Crippen LogP contribution in [0, 0.1) is 10.1 Å². The van der Waals surface area contributed by atoms with Gasteiger partial charge in [-0.15, -0.1) is 0 Å². The van der Waals surface area contributed by atoms with Crippen molar-refractivity contribution in [3.8, 4) is 11.4 Å². The molecule has 0 N–H and O–H groups in total. The number of non-ortho nitro benzene ring substituents is 1. The van der Waals surface area contributed by atoms with E-state index < -0.39 is 4.92 Å². The number of aromatic nitrogens is 4. The number of hydrogen-bond donors (Lipinski definition) is 0. The van der Waals surface area contributed by atoms with Gasteiger partial charge in [0.2, 0.25) is 0 Å². The van der Waals surface area contributed by atoms with Crippen LogP contribution in [0.2, 0.25) is 0 Å². The summed E-state index contributed by atoms with van der Waals surface area (Å²) in [6, 6.07) is 14.3. The molecule has 1 aliphatic heterocycles. The standard InChI is InChI=1S/C22H21N7O3/c1-32-20-5-3-2-4-19(20)26-10-12-27(13-11-26)21-18-14-25-28(22(18)24-15-23-21)16-6-8-17(9-7-16)29(30)31/h2-9,14-15H,10-13H2,1H3. The molecule has 0 atom stereocenters. The Hall–Kier alpha value is -4.21. The van der Waals surface area contributed by atoms with Gasteiger partial charge in [-0.3, -0.25) is 10.1 Å². The number of hydrogen-bond acceptors (Lipinski definition) is 8. The van der Waals surface area contributed by atoms with E-state index in [1.165, 1.54) is 18.5 Å². The van der Waals surface area contributed by atoms with Crippen LogP contribution in [0.1, 0.15) is 0 Å². The second kappa shape index (κ2) is 8.14. The Bertz CT molecular complexity index is 1260. The average Bonchev–Trinajstić information content (AvgIpc) is 3.28. The van der Waals surface area contributed by atoms with E-state index in [2.05, 4.69) is 30.9 Å². The zero-order chi connectivity index (χ0) is 22.1. The highest BCUT2D eigenvalue weighted by atomic mass is 16.6. The minimum atomic E-state index is -0.421. The quantitative estimate of drug-likeness (QED) is 0.351. The summed E-state index contributed by atoms with van der Waals surface area (Å²) in [6.07, 6.45) is 3.28. The zero-order valence-corrected chi connectivity index (χ0v) is 17.5. The third kappa shape index (κ3) is 3.45. The molecule has 2 aromatic heterocycles. The van der Waals surface area contributed by atoms with Gasteiger partial charge in [-0.2, -0.15) is 5.10 Å². The molecular weight excluding hydrogens is 410 g/mol. The topological polar surface area (TPSA) is 102 Å². The fraction of sp³-hybridized carbons (Fsp3) is 0.227. The van der Waals surface area contributed by atoms with E-state index in [0.29, 0.717) is 11.3 Å². The van der Waals surface area contributed by atoms with Crippen LogP contribution in [0.15, 0.2) is 61.1 Å². The molecule has 3 heterocycles. The highest BCUT2D eigenvalue weighted by molar-refractivity contribution is 5.87. The summed E-state index contributed by atoms with van der Waals surface area (Å²) < 4.78 is 7.18. The number of anilines is 2. The third-order valence-electron chi connectivity index (χ3n) is 5.65. The maximum atomic E-state index is 10.9. The first-order valence-electron chi connectivity index (χ1n) is 10.2. The smallest absolute Gasteiger partial charge is 0.269 e. The number of nitrogens with zero attached hydrogens (tertiary/aromatic N) is 7. The van der Waals surface area contributed by atoms with E-state index in [9.17, 15) is 10.1 Å². The van der Waals surface area contributed by atoms with Crippen LogP contribution >= 0.6 is 0 Å². The molecule has 0 saturated carbocycles. The Morgan fingerprint density at radius 2 is 1.69 bits per heavy atom. The van der Waals surface area contributed by atoms with Crippen LogP contribution in [0.5, 0.6) is 5.75 Å². The normalized spacial score (nSPS) is 14.0. The van der Waals surface area contributed by atoms with Crippen LogP contribution in [0.3, 0.4) is 0 Å². The minimum absolute atomic E-state index is 0.0356. The van der Waals surface area contributed by atoms with Crippen molar-refractivity contribution in [3.63, 3.8) is 0 Å². The lowest BCUT2D eigenvalue weighted by Gasteiger charge is -2.37. The summed E-state index contributed by atoms with van der Waals surface area (Å²) in [5.41, 5.74) is 2.49. The molecule has 2 aromatic carbocycles. The molecule has 162 valence electrons. The van der Waals surface area contributed by atoms with Gasteiger partial charge in [0, 0.05) is 38.3 Å². The van der Waals surface area contributed by atoms with Crippen LogP contribution in [-0.4, -0.2) is 58.0 Å². The lowest BCUT2D eigenvalue weighted by Crippen LogP contribution is -2.47. The first-order valence-corrected chi connectivity index (χ1v) is 10.2. The Labute approximate surface area is 183 Å². The third-order valence-corrected chi connectivity index (χ3v) is 5.65. The lowest BCUT2D eigenvalue weighted by atomic mass is 10.2. The van der Waals surface area contributed by atoms with Crippen LogP contribution < -0.4 is 14.5 Å². The van der Waals surface area contributed by atoms with Crippen molar-refractivity contribution in [1.82, 2.24) is 19.7 Å². The summed E-state index contributed by atoms with van der Waals surface area (Å²) in [5, 5.41) is 16.2. The van der Waals surface area contributed by atoms with E-state index >= 15 is 0 Å². The lowest BCUT2D eigenvalue weighted by molar-refractivity contribution is -0.384. The Morgan fingerprint density at radius 3 is 2.41 bits per heavy atom. The molecule has 0 unspecified atom stereocenters. The molecule has 10 heteroatoms. The number of para-hydroxylation sites is 2. The van der Waals surface area contributed by atoms with Crippen molar-refractivity contribution in [2.75, 3.05) is 43.1 Å². The summed E-state index contributed by atoms with van der Waals surface area (Å²) in [5.74, 6) is 1.71. The number of nitro benzene ring substituents is 1. The summed E-state index contributed by atoms with van der Waals surface area (Å²) in [7, 11) is 1.69. The Balaban J connectivity index is 1.39. The highest BCUT2D eigenvalue weighted by Gasteiger charge is 2.23. The molecule has 0 bridgehead atoms. The monoisotopic (exact) mass is 431 g/mol. The maximum absolute atomic E-state index is 10.9. The van der Waals surface area contributed by atoms with Crippen molar-refractivity contribution < 1.29 is 9.66 Å². The second-order valence-corrected chi connectivity index (χ2v) is 7.41. The predicted molar refractivity (Wildman–Crippen MR) is 121 cm³/mol. The largest absolute Gasteiger partial charge is 0.495 e. The van der Waals surface area contributed by atoms with Gasteiger partial charge in [-0.25, -0.2) is 14.6 Å². The van der Waals surface area contributed by atoms with Gasteiger partial charge >= 0.3 is 0 Å². The van der Waals surface area contributed by atoms with E-state index in [4.69, 9.17) is 4.74 Å². The second-order valence-electron chi connectivity index (χ2n) is 7.41. The van der Waals surface area contributed by atoms with Gasteiger partial charge in [0.05, 0.1) is 35.0 Å². The van der Waals surface area contributed by atoms with Crippen molar-refractivity contribution in [2.24, 2.45) is 0 Å². The Kier molecular flexibility index (Phi) is 5.02. The molecule has 5 rings (SSSR count). The van der Waals surface area contributed by atoms with Gasteiger partial charge in [0.25, 0.3) is 5.69 Å². The first-order chi connectivity index (χ1) is 15.7. The minimum Gasteiger partial charge on any atom is -0.495 e. The molecule has 4 aromatic rings. The summed E-state index contributed by atoms with van der Waals surface area (Å²) in [4.78, 5) is 24.0. The maximum Gasteiger partial charge on any atom is 0.269 e. The number of fused-ring (bicyclic) bond motifs is 1. The number of piperazine rings is 1. The number of methoxy groups -OCH3 is 1. The van der Waals surface area contributed by atoms with Crippen LogP contribution in [0.4, 0.5) is 17.2 Å². The fourth-order valence-electron chi connectivity index (χ4n) is 4.04. The number of nitro groups is 1. The van der Waals surface area contributed by atoms with Crippen LogP contribution in [0.25, 0.3) is 16.7 Å². The van der Waals surface area contributed by atoms with Gasteiger partial charge in [0.15, 0.2) is 5.65 Å². The molecule has 32 heavy (non-hydrogen) atoms. The zero-order valence-electron chi connectivity index (χ0n) is 17.5. The average molecular weight is 431 g/mol. The highest BCUT2D eigenvalue weighted by Crippen LogP contribution is 2.30. The number of ether oxygens (including phenoxy) is 1. The van der Waals surface area contributed by atoms with E-state index in [0.717, 1.165) is 48.8 Å². The summed E-state index contributed by atoms with van der Waals surface area (Å²) >= 11 is 0. The molecule has 0 spiro atoms. The predicted octanol–water partition coefficient (Wildman–Crippen LogP) is 3.06. The Morgan fingerprint density at radius 1 is 0.969 bits per heavy atom. The van der Waals surface area contributed by atoms with E-state index in [1.54, 1.807) is 30.1 Å². The van der Waals surface area contributed by atoms with Crippen molar-refractivity contribution in [1.29, 1.82) is 0 Å². The van der Waals surface area contributed by atoms with E-state index in [1.807, 2.05) is 18.2 Å². The molecule has 0 amide bonds. The molecule has 0 aliphatic carbocycles. The number of rotatable bonds is 5. The molecule has 10 nitrogen and oxygen atoms in total. The van der Waals surface area contributed by atoms with Crippen molar-refractivity contribution in [2.45, 2.75) is 0 Å². The number of benzene rings is 2. The van der Waals surface area contributed by atoms with Gasteiger partial charge in [-0.1, -0.05) is 12.1 Å².